The Morgan fingerprint density at radius 2 is 2.35 bits per heavy atom. The second-order valence-corrected chi connectivity index (χ2v) is 4.48. The number of likely N-dealkylation sites (N-methyl/N-ethyl adjacent to an activating group) is 1. The summed E-state index contributed by atoms with van der Waals surface area (Å²) < 4.78 is 1.17. The fraction of sp³-hybridized carbons (Fsp3) is 0.500. The summed E-state index contributed by atoms with van der Waals surface area (Å²) >= 11 is 5.60. The number of rotatable bonds is 3. The van der Waals surface area contributed by atoms with Crippen LogP contribution in [0.3, 0.4) is 0 Å². The average molecular weight is 257 g/mol. The second-order valence-electron chi connectivity index (χ2n) is 4.12. The first-order valence-corrected chi connectivity index (χ1v) is 5.64. The van der Waals surface area contributed by atoms with Crippen LogP contribution in [0, 0.1) is 0 Å². The summed E-state index contributed by atoms with van der Waals surface area (Å²) in [5.41, 5.74) is 4.84. The summed E-state index contributed by atoms with van der Waals surface area (Å²) in [5, 5.41) is -0.0331. The summed E-state index contributed by atoms with van der Waals surface area (Å²) in [6, 6.07) is 0.316. The second kappa shape index (κ2) is 4.37. The van der Waals surface area contributed by atoms with Gasteiger partial charge in [-0.2, -0.15) is 0 Å². The smallest absolute Gasteiger partial charge is 0.278 e. The number of nitrogens with zero attached hydrogens (tertiary/aromatic N) is 3. The number of anilines is 1. The Morgan fingerprint density at radius 3 is 2.94 bits per heavy atom. The molecule has 2 N–H and O–H groups in total. The van der Waals surface area contributed by atoms with Crippen LogP contribution in [-0.4, -0.2) is 33.4 Å². The van der Waals surface area contributed by atoms with Crippen LogP contribution in [-0.2, 0) is 11.3 Å². The molecule has 0 bridgehead atoms. The maximum atomic E-state index is 11.8. The molecule has 7 heteroatoms. The standard InChI is InChI=1S/C10H13ClN4O2/c1-14(6-2-3-6)7(16)4-15-5-13-9(11)8(12)10(15)17/h5-6H,2-4,12H2,1H3. The number of nitrogens with two attached hydrogens (primary N) is 1. The Labute approximate surface area is 103 Å². The lowest BCUT2D eigenvalue weighted by Crippen LogP contribution is -2.35. The van der Waals surface area contributed by atoms with Gasteiger partial charge in [0.1, 0.15) is 12.2 Å². The maximum absolute atomic E-state index is 11.8. The van der Waals surface area contributed by atoms with Crippen molar-refractivity contribution in [3.05, 3.63) is 21.8 Å². The summed E-state index contributed by atoms with van der Waals surface area (Å²) in [6.45, 7) is -0.0554. The number of carbonyl (C=O) groups is 1. The quantitative estimate of drug-likeness (QED) is 0.778. The first kappa shape index (κ1) is 11.9. The zero-order chi connectivity index (χ0) is 12.6. The van der Waals surface area contributed by atoms with Crippen molar-refractivity contribution >= 4 is 23.2 Å². The Morgan fingerprint density at radius 1 is 1.71 bits per heavy atom. The predicted octanol–water partition coefficient (Wildman–Crippen LogP) is 0.0997. The van der Waals surface area contributed by atoms with E-state index < -0.39 is 5.56 Å². The largest absolute Gasteiger partial charge is 0.392 e. The molecule has 1 aliphatic rings. The minimum atomic E-state index is -0.484. The van der Waals surface area contributed by atoms with Crippen LogP contribution >= 0.6 is 11.6 Å². The Bertz CT molecular complexity index is 510. The molecule has 0 aliphatic heterocycles. The van der Waals surface area contributed by atoms with Gasteiger partial charge in [0.05, 0.1) is 6.33 Å². The van der Waals surface area contributed by atoms with Gasteiger partial charge in [0.15, 0.2) is 5.15 Å². The van der Waals surface area contributed by atoms with E-state index in [1.807, 2.05) is 0 Å². The zero-order valence-corrected chi connectivity index (χ0v) is 10.1. The van der Waals surface area contributed by atoms with E-state index in [9.17, 15) is 9.59 Å². The van der Waals surface area contributed by atoms with Gasteiger partial charge in [-0.15, -0.1) is 0 Å². The monoisotopic (exact) mass is 256 g/mol. The van der Waals surface area contributed by atoms with Gasteiger partial charge in [0, 0.05) is 13.1 Å². The number of amides is 1. The first-order chi connectivity index (χ1) is 8.00. The van der Waals surface area contributed by atoms with Crippen LogP contribution in [0.25, 0.3) is 0 Å². The molecule has 0 radical (unpaired) electrons. The molecular weight excluding hydrogens is 244 g/mol. The predicted molar refractivity (Wildman–Crippen MR) is 63.7 cm³/mol. The van der Waals surface area contributed by atoms with E-state index in [0.29, 0.717) is 6.04 Å². The number of carbonyl (C=O) groups excluding carboxylic acids is 1. The van der Waals surface area contributed by atoms with Crippen molar-refractivity contribution in [3.8, 4) is 0 Å². The van der Waals surface area contributed by atoms with Crippen LogP contribution < -0.4 is 11.3 Å². The topological polar surface area (TPSA) is 81.2 Å². The molecule has 92 valence electrons. The van der Waals surface area contributed by atoms with Gasteiger partial charge in [-0.3, -0.25) is 14.2 Å². The highest BCUT2D eigenvalue weighted by atomic mass is 35.5. The van der Waals surface area contributed by atoms with Crippen LogP contribution in [0.4, 0.5) is 5.69 Å². The molecule has 1 fully saturated rings. The molecule has 0 aromatic carbocycles. The van der Waals surface area contributed by atoms with E-state index in [1.54, 1.807) is 11.9 Å². The molecule has 2 rings (SSSR count). The van der Waals surface area contributed by atoms with Gasteiger partial charge in [-0.25, -0.2) is 4.98 Å². The maximum Gasteiger partial charge on any atom is 0.278 e. The minimum Gasteiger partial charge on any atom is -0.392 e. The van der Waals surface area contributed by atoms with Gasteiger partial charge < -0.3 is 10.6 Å². The molecular formula is C10H13ClN4O2. The van der Waals surface area contributed by atoms with Crippen LogP contribution in [0.15, 0.2) is 11.1 Å². The summed E-state index contributed by atoms with van der Waals surface area (Å²) in [4.78, 5) is 28.9. The van der Waals surface area contributed by atoms with Gasteiger partial charge >= 0.3 is 0 Å². The average Bonchev–Trinajstić information content (AvgIpc) is 3.13. The highest BCUT2D eigenvalue weighted by molar-refractivity contribution is 6.31. The normalized spacial score (nSPS) is 14.7. The van der Waals surface area contributed by atoms with Gasteiger partial charge in [-0.05, 0) is 12.8 Å². The van der Waals surface area contributed by atoms with Crippen molar-refractivity contribution in [1.29, 1.82) is 0 Å². The molecule has 0 spiro atoms. The molecule has 0 saturated heterocycles. The van der Waals surface area contributed by atoms with Crippen molar-refractivity contribution in [2.24, 2.45) is 0 Å². The van der Waals surface area contributed by atoms with Crippen LogP contribution in [0.5, 0.6) is 0 Å². The van der Waals surface area contributed by atoms with E-state index in [-0.39, 0.29) is 23.3 Å². The Hall–Kier alpha value is -1.56. The lowest BCUT2D eigenvalue weighted by Gasteiger charge is -2.16. The van der Waals surface area contributed by atoms with Gasteiger partial charge in [-0.1, -0.05) is 11.6 Å². The van der Waals surface area contributed by atoms with E-state index in [0.717, 1.165) is 12.8 Å². The first-order valence-electron chi connectivity index (χ1n) is 5.26. The fourth-order valence-electron chi connectivity index (χ4n) is 1.52. The Kier molecular flexibility index (Phi) is 3.06. The highest BCUT2D eigenvalue weighted by Gasteiger charge is 2.29. The lowest BCUT2D eigenvalue weighted by atomic mass is 10.4. The summed E-state index contributed by atoms with van der Waals surface area (Å²) in [7, 11) is 1.73. The van der Waals surface area contributed by atoms with Crippen molar-refractivity contribution in [2.75, 3.05) is 12.8 Å². The van der Waals surface area contributed by atoms with E-state index >= 15 is 0 Å². The SMILES string of the molecule is CN(C(=O)Cn1cnc(Cl)c(N)c1=O)C1CC1. The van der Waals surface area contributed by atoms with Gasteiger partial charge in [0.25, 0.3) is 5.56 Å². The minimum absolute atomic E-state index is 0.0331. The number of hydrogen-bond acceptors (Lipinski definition) is 4. The molecule has 6 nitrogen and oxygen atoms in total. The molecule has 0 unspecified atom stereocenters. The van der Waals surface area contributed by atoms with Crippen LogP contribution in [0.2, 0.25) is 5.15 Å². The number of halogens is 1. The van der Waals surface area contributed by atoms with Crippen molar-refractivity contribution < 1.29 is 4.79 Å². The fourth-order valence-corrected chi connectivity index (χ4v) is 1.65. The third-order valence-electron chi connectivity index (χ3n) is 2.82. The molecule has 1 aliphatic carbocycles. The molecule has 1 saturated carbocycles. The molecule has 1 aromatic rings. The summed E-state index contributed by atoms with van der Waals surface area (Å²) in [6.07, 6.45) is 3.29. The molecule has 1 heterocycles. The van der Waals surface area contributed by atoms with E-state index in [4.69, 9.17) is 17.3 Å². The van der Waals surface area contributed by atoms with Crippen molar-refractivity contribution in [3.63, 3.8) is 0 Å². The van der Waals surface area contributed by atoms with E-state index in [1.165, 1.54) is 10.9 Å². The number of nitrogen functional groups attached to an aromatic ring is 1. The van der Waals surface area contributed by atoms with Crippen molar-refractivity contribution in [1.82, 2.24) is 14.5 Å². The number of hydrogen-bond donors (Lipinski definition) is 1. The highest BCUT2D eigenvalue weighted by Crippen LogP contribution is 2.25. The molecule has 17 heavy (non-hydrogen) atoms. The zero-order valence-electron chi connectivity index (χ0n) is 9.39. The summed E-state index contributed by atoms with van der Waals surface area (Å²) in [5.74, 6) is -0.127. The molecule has 1 amide bonds. The van der Waals surface area contributed by atoms with E-state index in [2.05, 4.69) is 4.98 Å². The van der Waals surface area contributed by atoms with Crippen molar-refractivity contribution in [2.45, 2.75) is 25.4 Å². The third kappa shape index (κ3) is 2.41. The molecule has 0 atom stereocenters. The van der Waals surface area contributed by atoms with Crippen LogP contribution in [0.1, 0.15) is 12.8 Å². The number of aromatic nitrogens is 2. The lowest BCUT2D eigenvalue weighted by molar-refractivity contribution is -0.131. The molecule has 1 aromatic heterocycles. The Balaban J connectivity index is 2.16. The third-order valence-corrected chi connectivity index (χ3v) is 3.12. The van der Waals surface area contributed by atoms with Gasteiger partial charge in [0.2, 0.25) is 5.91 Å².